The van der Waals surface area contributed by atoms with Crippen LogP contribution in [0.4, 0.5) is 5.82 Å². The van der Waals surface area contributed by atoms with Gasteiger partial charge in [0.2, 0.25) is 0 Å². The van der Waals surface area contributed by atoms with Gasteiger partial charge in [-0.15, -0.1) is 5.10 Å². The first-order valence-electron chi connectivity index (χ1n) is 12.2. The Bertz CT molecular complexity index is 1910. The van der Waals surface area contributed by atoms with E-state index >= 15 is 0 Å². The molecule has 2 aromatic carbocycles. The van der Waals surface area contributed by atoms with E-state index < -0.39 is 11.9 Å². The van der Waals surface area contributed by atoms with E-state index in [2.05, 4.69) is 25.6 Å². The van der Waals surface area contributed by atoms with Gasteiger partial charge in [0.25, 0.3) is 11.5 Å². The van der Waals surface area contributed by atoms with Crippen molar-refractivity contribution in [1.82, 2.24) is 39.7 Å². The zero-order valence-corrected chi connectivity index (χ0v) is 20.8. The van der Waals surface area contributed by atoms with Gasteiger partial charge in [0, 0.05) is 18.6 Å². The molecule has 0 bridgehead atoms. The van der Waals surface area contributed by atoms with Crippen LogP contribution in [0.1, 0.15) is 40.4 Å². The fraction of sp³-hybridized carbons (Fsp3) is 0.0714. The number of carbonyl (C=O) groups is 1. The van der Waals surface area contributed by atoms with E-state index in [1.54, 1.807) is 37.6 Å². The van der Waals surface area contributed by atoms with Crippen LogP contribution in [0.3, 0.4) is 0 Å². The molecule has 4 heterocycles. The summed E-state index contributed by atoms with van der Waals surface area (Å²) in [5.74, 6) is -0.0531. The number of hydrogen-bond acceptors (Lipinski definition) is 7. The molecule has 0 aliphatic carbocycles. The van der Waals surface area contributed by atoms with Crippen LogP contribution in [-0.2, 0) is 0 Å². The number of nitrogens with two attached hydrogens (primary N) is 1. The van der Waals surface area contributed by atoms with Gasteiger partial charge in [-0.2, -0.15) is 5.10 Å². The Balaban J connectivity index is 1.47. The van der Waals surface area contributed by atoms with Crippen LogP contribution >= 0.6 is 0 Å². The molecule has 0 spiro atoms. The number of benzene rings is 2. The summed E-state index contributed by atoms with van der Waals surface area (Å²) < 4.78 is 2.97. The Morgan fingerprint density at radius 2 is 1.90 bits per heavy atom. The zero-order chi connectivity index (χ0) is 26.9. The molecule has 0 aliphatic heterocycles. The minimum atomic E-state index is -0.669. The molecule has 0 fully saturated rings. The van der Waals surface area contributed by atoms with Gasteiger partial charge in [-0.3, -0.25) is 19.3 Å². The smallest absolute Gasteiger partial charge is 0.266 e. The number of aromatic amines is 1. The molecule has 39 heavy (non-hydrogen) atoms. The first kappa shape index (κ1) is 23.8. The van der Waals surface area contributed by atoms with Crippen molar-refractivity contribution >= 4 is 40.4 Å². The SMILES string of the molecule is CC(NC(=O)c1c(N)nn2cccnc12)c1nc2cccc(/C=C/c3ccn[nH]3)c2c(=O)n1-c1ccccc1. The molecule has 192 valence electrons. The number of nitrogens with zero attached hydrogens (tertiary/aromatic N) is 6. The monoisotopic (exact) mass is 517 g/mol. The van der Waals surface area contributed by atoms with Crippen molar-refractivity contribution < 1.29 is 4.79 Å². The molecule has 1 unspecified atom stereocenters. The van der Waals surface area contributed by atoms with E-state index in [0.717, 1.165) is 5.69 Å². The lowest BCUT2D eigenvalue weighted by Crippen LogP contribution is -2.33. The van der Waals surface area contributed by atoms with Crippen molar-refractivity contribution in [2.45, 2.75) is 13.0 Å². The highest BCUT2D eigenvalue weighted by Gasteiger charge is 2.24. The average Bonchev–Trinajstić information content (AvgIpc) is 3.59. The number of rotatable bonds is 6. The Morgan fingerprint density at radius 1 is 1.05 bits per heavy atom. The maximum absolute atomic E-state index is 14.1. The van der Waals surface area contributed by atoms with Gasteiger partial charge < -0.3 is 11.1 Å². The number of aromatic nitrogens is 7. The van der Waals surface area contributed by atoms with Crippen LogP contribution in [-0.4, -0.2) is 40.3 Å². The van der Waals surface area contributed by atoms with Crippen molar-refractivity contribution in [3.8, 4) is 5.69 Å². The third-order valence-electron chi connectivity index (χ3n) is 6.32. The lowest BCUT2D eigenvalue weighted by Gasteiger charge is -2.20. The van der Waals surface area contributed by atoms with Crippen molar-refractivity contribution in [3.05, 3.63) is 112 Å². The average molecular weight is 518 g/mol. The Morgan fingerprint density at radius 3 is 2.69 bits per heavy atom. The highest BCUT2D eigenvalue weighted by molar-refractivity contribution is 6.04. The van der Waals surface area contributed by atoms with E-state index in [9.17, 15) is 9.59 Å². The first-order valence-corrected chi connectivity index (χ1v) is 12.2. The molecule has 6 aromatic rings. The van der Waals surface area contributed by atoms with Crippen molar-refractivity contribution in [2.24, 2.45) is 0 Å². The Hall–Kier alpha value is -5.58. The van der Waals surface area contributed by atoms with Crippen LogP contribution in [0.15, 0.2) is 84.0 Å². The first-order chi connectivity index (χ1) is 19.0. The molecule has 11 nitrogen and oxygen atoms in total. The second-order valence-electron chi connectivity index (χ2n) is 8.88. The minimum absolute atomic E-state index is 0.0546. The molecule has 6 rings (SSSR count). The molecule has 0 radical (unpaired) electrons. The van der Waals surface area contributed by atoms with Gasteiger partial charge in [-0.05, 0) is 48.9 Å². The normalized spacial score (nSPS) is 12.3. The summed E-state index contributed by atoms with van der Waals surface area (Å²) >= 11 is 0. The molecule has 4 aromatic heterocycles. The van der Waals surface area contributed by atoms with Crippen LogP contribution in [0.5, 0.6) is 0 Å². The summed E-state index contributed by atoms with van der Waals surface area (Å²) in [6.07, 6.45) is 8.58. The van der Waals surface area contributed by atoms with Gasteiger partial charge in [-0.25, -0.2) is 14.5 Å². The summed E-state index contributed by atoms with van der Waals surface area (Å²) in [4.78, 5) is 36.6. The lowest BCUT2D eigenvalue weighted by molar-refractivity contribution is 0.0940. The van der Waals surface area contributed by atoms with Crippen LogP contribution in [0.25, 0.3) is 34.4 Å². The van der Waals surface area contributed by atoms with Crippen LogP contribution < -0.4 is 16.6 Å². The number of carbonyl (C=O) groups excluding carboxylic acids is 1. The highest BCUT2D eigenvalue weighted by atomic mass is 16.2. The standard InChI is InChI=1S/C28H23N9O2/c1-17(32-27(38)23-24(29)35-36-16-6-14-30-26(23)36)25-33-21-10-5-7-18(11-12-19-13-15-31-34-19)22(21)28(39)37(25)20-8-3-2-4-9-20/h2-17H,1H3,(H2,29,35)(H,31,34)(H,32,38)/b12-11+. The minimum Gasteiger partial charge on any atom is -0.381 e. The van der Waals surface area contributed by atoms with Crippen LogP contribution in [0.2, 0.25) is 0 Å². The molecule has 0 aliphatic rings. The third-order valence-corrected chi connectivity index (χ3v) is 6.32. The van der Waals surface area contributed by atoms with E-state index in [1.165, 1.54) is 9.08 Å². The lowest BCUT2D eigenvalue weighted by atomic mass is 10.1. The molecule has 1 amide bonds. The second kappa shape index (κ2) is 9.71. The maximum atomic E-state index is 14.1. The number of fused-ring (bicyclic) bond motifs is 2. The molecule has 11 heteroatoms. The third kappa shape index (κ3) is 4.31. The Labute approximate surface area is 221 Å². The predicted molar refractivity (Wildman–Crippen MR) is 148 cm³/mol. The topological polar surface area (TPSA) is 149 Å². The second-order valence-corrected chi connectivity index (χ2v) is 8.88. The molecule has 4 N–H and O–H groups in total. The molecular formula is C28H23N9O2. The van der Waals surface area contributed by atoms with E-state index in [0.29, 0.717) is 33.6 Å². The summed E-state index contributed by atoms with van der Waals surface area (Å²) in [7, 11) is 0. The summed E-state index contributed by atoms with van der Waals surface area (Å²) in [6.45, 7) is 1.77. The van der Waals surface area contributed by atoms with Gasteiger partial charge >= 0.3 is 0 Å². The Kier molecular flexibility index (Phi) is 5.92. The summed E-state index contributed by atoms with van der Waals surface area (Å²) in [5, 5.41) is 14.4. The van der Waals surface area contributed by atoms with Gasteiger partial charge in [0.05, 0.1) is 28.3 Å². The van der Waals surface area contributed by atoms with E-state index in [4.69, 9.17) is 10.7 Å². The summed E-state index contributed by atoms with van der Waals surface area (Å²) in [6, 6.07) is 17.5. The number of hydrogen-bond donors (Lipinski definition) is 3. The van der Waals surface area contributed by atoms with Crippen LogP contribution in [0, 0.1) is 0 Å². The molecule has 0 saturated carbocycles. The number of para-hydroxylation sites is 1. The fourth-order valence-electron chi connectivity index (χ4n) is 4.52. The van der Waals surface area contributed by atoms with Crippen molar-refractivity contribution in [2.75, 3.05) is 5.73 Å². The number of anilines is 1. The van der Waals surface area contributed by atoms with Crippen molar-refractivity contribution in [1.29, 1.82) is 0 Å². The summed E-state index contributed by atoms with van der Waals surface area (Å²) in [5.41, 5.74) is 8.92. The van der Waals surface area contributed by atoms with Gasteiger partial charge in [0.15, 0.2) is 11.5 Å². The molecular weight excluding hydrogens is 494 g/mol. The largest absolute Gasteiger partial charge is 0.381 e. The zero-order valence-electron chi connectivity index (χ0n) is 20.8. The predicted octanol–water partition coefficient (Wildman–Crippen LogP) is 3.40. The molecule has 1 atom stereocenters. The number of H-pyrrole nitrogens is 1. The van der Waals surface area contributed by atoms with E-state index in [-0.39, 0.29) is 16.9 Å². The van der Waals surface area contributed by atoms with Crippen molar-refractivity contribution in [3.63, 3.8) is 0 Å². The quantitative estimate of drug-likeness (QED) is 0.307. The van der Waals surface area contributed by atoms with Gasteiger partial charge in [-0.1, -0.05) is 36.4 Å². The highest BCUT2D eigenvalue weighted by Crippen LogP contribution is 2.23. The maximum Gasteiger partial charge on any atom is 0.266 e. The number of nitrogen functional groups attached to an aromatic ring is 1. The number of amides is 1. The number of nitrogens with one attached hydrogen (secondary N) is 2. The van der Waals surface area contributed by atoms with Gasteiger partial charge in [0.1, 0.15) is 11.4 Å². The fourth-order valence-corrected chi connectivity index (χ4v) is 4.52. The van der Waals surface area contributed by atoms with E-state index in [1.807, 2.05) is 60.7 Å². The molecule has 0 saturated heterocycles.